The van der Waals surface area contributed by atoms with Crippen LogP contribution in [0.25, 0.3) is 0 Å². The van der Waals surface area contributed by atoms with Gasteiger partial charge in [-0.2, -0.15) is 0 Å². The number of nitrogens with zero attached hydrogens (tertiary/aromatic N) is 4. The van der Waals surface area contributed by atoms with Crippen LogP contribution in [0.4, 0.5) is 23.1 Å². The quantitative estimate of drug-likeness (QED) is 0.710. The van der Waals surface area contributed by atoms with Gasteiger partial charge in [-0.1, -0.05) is 0 Å². The van der Waals surface area contributed by atoms with Crippen molar-refractivity contribution in [2.75, 3.05) is 35.6 Å². The third kappa shape index (κ3) is 4.21. The van der Waals surface area contributed by atoms with Crippen molar-refractivity contribution in [1.29, 1.82) is 0 Å². The highest BCUT2D eigenvalue weighted by molar-refractivity contribution is 9.10. The van der Waals surface area contributed by atoms with Crippen LogP contribution in [0.1, 0.15) is 19.8 Å². The molecule has 1 atom stereocenters. The number of hydrogen-bond acceptors (Lipinski definition) is 8. The SMILES string of the molecule is CCOC(=O)C1CCCN(c2ncnc(Nc3ccc(Br)cn3)c2N)C1. The second-order valence-corrected chi connectivity index (χ2v) is 6.90. The minimum Gasteiger partial charge on any atom is -0.466 e. The number of pyridine rings is 1. The van der Waals surface area contributed by atoms with E-state index in [2.05, 4.69) is 36.2 Å². The molecule has 26 heavy (non-hydrogen) atoms. The van der Waals surface area contributed by atoms with Crippen molar-refractivity contribution < 1.29 is 9.53 Å². The first-order chi connectivity index (χ1) is 12.6. The number of nitrogens with one attached hydrogen (secondary N) is 1. The molecule has 8 nitrogen and oxygen atoms in total. The summed E-state index contributed by atoms with van der Waals surface area (Å²) in [5, 5.41) is 3.11. The van der Waals surface area contributed by atoms with Gasteiger partial charge in [0.25, 0.3) is 0 Å². The normalized spacial score (nSPS) is 17.0. The second kappa shape index (κ2) is 8.31. The molecule has 0 bridgehead atoms. The standard InChI is InChI=1S/C17H21BrN6O2/c1-2-26-17(25)11-4-3-7-24(9-11)16-14(19)15(21-10-22-16)23-13-6-5-12(18)8-20-13/h5-6,8,10-11H,2-4,7,9,19H2,1H3,(H,20,21,22,23). The van der Waals surface area contributed by atoms with E-state index < -0.39 is 0 Å². The Hall–Kier alpha value is -2.42. The van der Waals surface area contributed by atoms with E-state index in [1.54, 1.807) is 6.20 Å². The summed E-state index contributed by atoms with van der Waals surface area (Å²) < 4.78 is 6.04. The van der Waals surface area contributed by atoms with E-state index >= 15 is 0 Å². The average molecular weight is 421 g/mol. The third-order valence-electron chi connectivity index (χ3n) is 4.18. The number of rotatable bonds is 5. The van der Waals surface area contributed by atoms with E-state index in [0.717, 1.165) is 23.9 Å². The molecular formula is C17H21BrN6O2. The maximum absolute atomic E-state index is 12.1. The van der Waals surface area contributed by atoms with Gasteiger partial charge in [0, 0.05) is 23.8 Å². The highest BCUT2D eigenvalue weighted by atomic mass is 79.9. The maximum atomic E-state index is 12.1. The topological polar surface area (TPSA) is 106 Å². The van der Waals surface area contributed by atoms with Crippen molar-refractivity contribution in [3.05, 3.63) is 29.1 Å². The van der Waals surface area contributed by atoms with Gasteiger partial charge in [0.05, 0.1) is 12.5 Å². The molecule has 0 radical (unpaired) electrons. The Kier molecular flexibility index (Phi) is 5.87. The molecule has 2 aromatic heterocycles. The Morgan fingerprint density at radius 3 is 3.00 bits per heavy atom. The third-order valence-corrected chi connectivity index (χ3v) is 4.65. The van der Waals surface area contributed by atoms with Gasteiger partial charge >= 0.3 is 5.97 Å². The molecule has 1 aliphatic rings. The van der Waals surface area contributed by atoms with Gasteiger partial charge in [-0.05, 0) is 47.8 Å². The fourth-order valence-electron chi connectivity index (χ4n) is 2.93. The van der Waals surface area contributed by atoms with Crippen LogP contribution in [0, 0.1) is 5.92 Å². The molecule has 2 aromatic rings. The molecule has 9 heteroatoms. The van der Waals surface area contributed by atoms with E-state index in [4.69, 9.17) is 10.5 Å². The van der Waals surface area contributed by atoms with E-state index in [9.17, 15) is 4.79 Å². The van der Waals surface area contributed by atoms with Crippen molar-refractivity contribution >= 4 is 45.0 Å². The molecule has 1 saturated heterocycles. The van der Waals surface area contributed by atoms with E-state index in [-0.39, 0.29) is 11.9 Å². The van der Waals surface area contributed by atoms with Crippen LogP contribution in [0.5, 0.6) is 0 Å². The number of piperidine rings is 1. The lowest BCUT2D eigenvalue weighted by atomic mass is 9.98. The van der Waals surface area contributed by atoms with Crippen LogP contribution in [0.3, 0.4) is 0 Å². The second-order valence-electron chi connectivity index (χ2n) is 5.98. The lowest BCUT2D eigenvalue weighted by Gasteiger charge is -2.33. The van der Waals surface area contributed by atoms with Gasteiger partial charge in [0.1, 0.15) is 17.8 Å². The minimum absolute atomic E-state index is 0.164. The number of carbonyl (C=O) groups excluding carboxylic acids is 1. The molecule has 0 spiro atoms. The highest BCUT2D eigenvalue weighted by Gasteiger charge is 2.29. The van der Waals surface area contributed by atoms with Crippen LogP contribution in [-0.2, 0) is 9.53 Å². The Labute approximate surface area is 160 Å². The zero-order valence-corrected chi connectivity index (χ0v) is 16.1. The fraction of sp³-hybridized carbons (Fsp3) is 0.412. The van der Waals surface area contributed by atoms with Gasteiger partial charge in [0.15, 0.2) is 11.6 Å². The molecule has 1 aliphatic heterocycles. The maximum Gasteiger partial charge on any atom is 0.310 e. The Morgan fingerprint density at radius 1 is 1.42 bits per heavy atom. The lowest BCUT2D eigenvalue weighted by Crippen LogP contribution is -2.40. The number of halogens is 1. The zero-order valence-electron chi connectivity index (χ0n) is 14.5. The Balaban J connectivity index is 1.78. The Morgan fingerprint density at radius 2 is 2.27 bits per heavy atom. The molecule has 138 valence electrons. The summed E-state index contributed by atoms with van der Waals surface area (Å²) in [6.07, 6.45) is 4.84. The van der Waals surface area contributed by atoms with Crippen LogP contribution in [-0.4, -0.2) is 40.6 Å². The molecule has 3 N–H and O–H groups in total. The van der Waals surface area contributed by atoms with Crippen molar-refractivity contribution in [2.24, 2.45) is 5.92 Å². The van der Waals surface area contributed by atoms with Crippen LogP contribution >= 0.6 is 15.9 Å². The summed E-state index contributed by atoms with van der Waals surface area (Å²) in [5.41, 5.74) is 6.72. The fourth-order valence-corrected chi connectivity index (χ4v) is 3.17. The average Bonchev–Trinajstić information content (AvgIpc) is 2.65. The summed E-state index contributed by atoms with van der Waals surface area (Å²) in [7, 11) is 0. The summed E-state index contributed by atoms with van der Waals surface area (Å²) in [6.45, 7) is 3.53. The number of anilines is 4. The monoisotopic (exact) mass is 420 g/mol. The molecule has 3 heterocycles. The molecule has 0 amide bonds. The Bertz CT molecular complexity index is 770. The molecular weight excluding hydrogens is 400 g/mol. The first kappa shape index (κ1) is 18.4. The van der Waals surface area contributed by atoms with Crippen LogP contribution in [0.15, 0.2) is 29.1 Å². The molecule has 0 aromatic carbocycles. The van der Waals surface area contributed by atoms with Gasteiger partial charge in [0.2, 0.25) is 0 Å². The largest absolute Gasteiger partial charge is 0.466 e. The van der Waals surface area contributed by atoms with E-state index in [1.165, 1.54) is 6.33 Å². The summed E-state index contributed by atoms with van der Waals surface area (Å²) in [5.74, 6) is 1.41. The number of ether oxygens (including phenoxy) is 1. The predicted octanol–water partition coefficient (Wildman–Crippen LogP) is 2.74. The number of carbonyl (C=O) groups is 1. The van der Waals surface area contributed by atoms with Crippen molar-refractivity contribution in [3.63, 3.8) is 0 Å². The first-order valence-electron chi connectivity index (χ1n) is 8.49. The molecule has 1 unspecified atom stereocenters. The number of nitrogen functional groups attached to an aromatic ring is 1. The predicted molar refractivity (Wildman–Crippen MR) is 103 cm³/mol. The van der Waals surface area contributed by atoms with Crippen LogP contribution < -0.4 is 16.0 Å². The summed E-state index contributed by atoms with van der Waals surface area (Å²) in [6, 6.07) is 3.70. The minimum atomic E-state index is -0.165. The first-order valence-corrected chi connectivity index (χ1v) is 9.28. The summed E-state index contributed by atoms with van der Waals surface area (Å²) >= 11 is 3.35. The van der Waals surface area contributed by atoms with Gasteiger partial charge in [-0.25, -0.2) is 15.0 Å². The molecule has 1 fully saturated rings. The molecule has 3 rings (SSSR count). The number of esters is 1. The van der Waals surface area contributed by atoms with E-state index in [1.807, 2.05) is 24.0 Å². The van der Waals surface area contributed by atoms with Gasteiger partial charge in [-0.3, -0.25) is 4.79 Å². The zero-order chi connectivity index (χ0) is 18.5. The highest BCUT2D eigenvalue weighted by Crippen LogP contribution is 2.31. The van der Waals surface area contributed by atoms with Crippen molar-refractivity contribution in [3.8, 4) is 0 Å². The van der Waals surface area contributed by atoms with E-state index in [0.29, 0.717) is 36.3 Å². The molecule has 0 saturated carbocycles. The van der Waals surface area contributed by atoms with Crippen molar-refractivity contribution in [2.45, 2.75) is 19.8 Å². The molecule has 0 aliphatic carbocycles. The summed E-state index contributed by atoms with van der Waals surface area (Å²) in [4.78, 5) is 26.9. The lowest BCUT2D eigenvalue weighted by molar-refractivity contribution is -0.148. The van der Waals surface area contributed by atoms with Gasteiger partial charge < -0.3 is 20.7 Å². The van der Waals surface area contributed by atoms with Crippen LogP contribution in [0.2, 0.25) is 0 Å². The number of aromatic nitrogens is 3. The smallest absolute Gasteiger partial charge is 0.310 e. The number of hydrogen-bond donors (Lipinski definition) is 2. The van der Waals surface area contributed by atoms with Gasteiger partial charge in [-0.15, -0.1) is 0 Å². The number of nitrogens with two attached hydrogens (primary N) is 1. The van der Waals surface area contributed by atoms with Crippen molar-refractivity contribution in [1.82, 2.24) is 15.0 Å².